The molecule has 0 saturated carbocycles. The molecule has 1 aromatic rings. The third-order valence-corrected chi connectivity index (χ3v) is 3.63. The third-order valence-electron chi connectivity index (χ3n) is 2.79. The Morgan fingerprint density at radius 1 is 1.47 bits per heavy atom. The van der Waals surface area contributed by atoms with Crippen LogP contribution in [0.15, 0.2) is 12.1 Å². The van der Waals surface area contributed by atoms with E-state index in [1.165, 1.54) is 13.0 Å². The second-order valence-corrected chi connectivity index (χ2v) is 5.64. The maximum Gasteiger partial charge on any atom is 0.185 e. The molecular formula is C13H18FNO3S. The summed E-state index contributed by atoms with van der Waals surface area (Å²) in [4.78, 5) is 10.8. The molecule has 0 heterocycles. The molecule has 4 N–H and O–H groups in total. The molecule has 2 atom stereocenters. The van der Waals surface area contributed by atoms with Gasteiger partial charge in [0.25, 0.3) is 0 Å². The van der Waals surface area contributed by atoms with Crippen LogP contribution in [0.3, 0.4) is 0 Å². The van der Waals surface area contributed by atoms with E-state index in [2.05, 4.69) is 0 Å². The van der Waals surface area contributed by atoms with Crippen molar-refractivity contribution >= 4 is 22.6 Å². The molecule has 0 aromatic heterocycles. The average molecular weight is 287 g/mol. The summed E-state index contributed by atoms with van der Waals surface area (Å²) in [6, 6.07) is 2.56. The van der Waals surface area contributed by atoms with Crippen molar-refractivity contribution in [2.45, 2.75) is 32.5 Å². The van der Waals surface area contributed by atoms with Crippen LogP contribution in [-0.2, 0) is 4.79 Å². The van der Waals surface area contributed by atoms with E-state index in [0.29, 0.717) is 16.9 Å². The molecule has 0 aliphatic heterocycles. The van der Waals surface area contributed by atoms with E-state index < -0.39 is 18.0 Å². The monoisotopic (exact) mass is 287 g/mol. The maximum absolute atomic E-state index is 13.4. The number of nitrogens with two attached hydrogens (primary N) is 1. The van der Waals surface area contributed by atoms with Crippen LogP contribution >= 0.6 is 11.8 Å². The van der Waals surface area contributed by atoms with E-state index in [0.717, 1.165) is 17.8 Å². The highest BCUT2D eigenvalue weighted by atomic mass is 32.2. The molecule has 106 valence electrons. The molecule has 0 aliphatic carbocycles. The van der Waals surface area contributed by atoms with Gasteiger partial charge >= 0.3 is 0 Å². The molecule has 0 saturated heterocycles. The Balaban J connectivity index is 2.73. The van der Waals surface area contributed by atoms with E-state index in [1.54, 1.807) is 6.92 Å². The first-order valence-electron chi connectivity index (χ1n) is 5.88. The third kappa shape index (κ3) is 4.49. The zero-order valence-corrected chi connectivity index (χ0v) is 11.7. The molecule has 1 aromatic carbocycles. The first kappa shape index (κ1) is 15.9. The lowest BCUT2D eigenvalue weighted by molar-refractivity contribution is -0.109. The Kier molecular flexibility index (Phi) is 5.78. The minimum absolute atomic E-state index is 0.00933. The van der Waals surface area contributed by atoms with Crippen LogP contribution in [0.4, 0.5) is 10.1 Å². The Bertz CT molecular complexity index is 467. The van der Waals surface area contributed by atoms with Crippen molar-refractivity contribution in [2.75, 3.05) is 11.5 Å². The van der Waals surface area contributed by atoms with Gasteiger partial charge in [-0.3, -0.25) is 4.79 Å². The number of thioether (sulfide) groups is 1. The minimum Gasteiger partial charge on any atom is -0.396 e. The fourth-order valence-corrected chi connectivity index (χ4v) is 2.37. The van der Waals surface area contributed by atoms with Gasteiger partial charge in [-0.15, -0.1) is 0 Å². The van der Waals surface area contributed by atoms with Crippen molar-refractivity contribution in [3.63, 3.8) is 0 Å². The summed E-state index contributed by atoms with van der Waals surface area (Å²) in [5, 5.41) is 19.8. The molecule has 6 heteroatoms. The quantitative estimate of drug-likeness (QED) is 0.719. The van der Waals surface area contributed by atoms with E-state index in [9.17, 15) is 19.4 Å². The van der Waals surface area contributed by atoms with Crippen LogP contribution in [0, 0.1) is 12.7 Å². The normalized spacial score (nSPS) is 14.2. The number of halogens is 1. The van der Waals surface area contributed by atoms with Gasteiger partial charge in [-0.25, -0.2) is 4.39 Å². The zero-order chi connectivity index (χ0) is 14.6. The number of benzene rings is 1. The summed E-state index contributed by atoms with van der Waals surface area (Å²) in [5.74, 6) is -0.214. The Morgan fingerprint density at radius 2 is 2.11 bits per heavy atom. The van der Waals surface area contributed by atoms with Crippen LogP contribution in [0.25, 0.3) is 0 Å². The van der Waals surface area contributed by atoms with Gasteiger partial charge in [0.2, 0.25) is 0 Å². The van der Waals surface area contributed by atoms with E-state index >= 15 is 0 Å². The van der Waals surface area contributed by atoms with Crippen LogP contribution < -0.4 is 5.73 Å². The van der Waals surface area contributed by atoms with Crippen molar-refractivity contribution in [3.8, 4) is 0 Å². The van der Waals surface area contributed by atoms with Crippen molar-refractivity contribution < 1.29 is 19.4 Å². The number of aliphatic hydroxyl groups excluding tert-OH is 2. The Labute approximate surface area is 115 Å². The van der Waals surface area contributed by atoms with Crippen LogP contribution in [0.5, 0.6) is 0 Å². The predicted octanol–water partition coefficient (Wildman–Crippen LogP) is 1.78. The van der Waals surface area contributed by atoms with Gasteiger partial charge in [0, 0.05) is 12.7 Å². The number of carbonyl (C=O) groups excluding carboxylic acids is 1. The number of hydrogen-bond donors (Lipinski definition) is 3. The molecule has 0 spiro atoms. The standard InChI is InChI=1S/C13H18FNO3S/c1-7-5-11(15)10(14)6-9(7)13(18)12(17)3-4-19-8(2)16/h5-6,12-13,17-18H,3-4,15H2,1-2H3. The van der Waals surface area contributed by atoms with Crippen LogP contribution in [0.1, 0.15) is 30.6 Å². The molecule has 0 radical (unpaired) electrons. The maximum atomic E-state index is 13.4. The van der Waals surface area contributed by atoms with Gasteiger partial charge in [-0.1, -0.05) is 11.8 Å². The van der Waals surface area contributed by atoms with Gasteiger partial charge in [-0.2, -0.15) is 0 Å². The lowest BCUT2D eigenvalue weighted by Gasteiger charge is -2.20. The highest BCUT2D eigenvalue weighted by molar-refractivity contribution is 8.13. The van der Waals surface area contributed by atoms with Gasteiger partial charge in [0.1, 0.15) is 11.9 Å². The fourth-order valence-electron chi connectivity index (χ4n) is 1.73. The smallest absolute Gasteiger partial charge is 0.185 e. The van der Waals surface area contributed by atoms with Gasteiger partial charge < -0.3 is 15.9 Å². The topological polar surface area (TPSA) is 83.5 Å². The largest absolute Gasteiger partial charge is 0.396 e. The van der Waals surface area contributed by atoms with E-state index in [-0.39, 0.29) is 17.2 Å². The predicted molar refractivity (Wildman–Crippen MR) is 74.3 cm³/mol. The number of anilines is 1. The Hall–Kier alpha value is -1.11. The summed E-state index contributed by atoms with van der Waals surface area (Å²) in [6.07, 6.45) is -1.99. The number of aliphatic hydroxyl groups is 2. The van der Waals surface area contributed by atoms with E-state index in [1.807, 2.05) is 0 Å². The number of rotatable bonds is 5. The van der Waals surface area contributed by atoms with Crippen LogP contribution in [-0.4, -0.2) is 27.2 Å². The van der Waals surface area contributed by atoms with Crippen LogP contribution in [0.2, 0.25) is 0 Å². The summed E-state index contributed by atoms with van der Waals surface area (Å²) < 4.78 is 13.4. The average Bonchev–Trinajstić information content (AvgIpc) is 2.32. The highest BCUT2D eigenvalue weighted by Gasteiger charge is 2.21. The lowest BCUT2D eigenvalue weighted by atomic mass is 9.97. The summed E-state index contributed by atoms with van der Waals surface area (Å²) in [6.45, 7) is 3.12. The SMILES string of the molecule is CC(=O)SCCC(O)C(O)c1cc(F)c(N)cc1C. The summed E-state index contributed by atoms with van der Waals surface area (Å²) in [5.41, 5.74) is 6.36. The fraction of sp³-hybridized carbons (Fsp3) is 0.462. The first-order chi connectivity index (χ1) is 8.82. The lowest BCUT2D eigenvalue weighted by Crippen LogP contribution is -2.20. The zero-order valence-electron chi connectivity index (χ0n) is 10.9. The molecule has 2 unspecified atom stereocenters. The number of hydrogen-bond acceptors (Lipinski definition) is 5. The van der Waals surface area contributed by atoms with Gasteiger partial charge in [0.15, 0.2) is 5.12 Å². The van der Waals surface area contributed by atoms with Crippen molar-refractivity contribution in [3.05, 3.63) is 29.1 Å². The molecule has 0 fully saturated rings. The second-order valence-electron chi connectivity index (χ2n) is 4.37. The molecule has 0 bridgehead atoms. The van der Waals surface area contributed by atoms with Crippen molar-refractivity contribution in [2.24, 2.45) is 0 Å². The Morgan fingerprint density at radius 3 is 2.68 bits per heavy atom. The van der Waals surface area contributed by atoms with Gasteiger partial charge in [0.05, 0.1) is 11.8 Å². The summed E-state index contributed by atoms with van der Waals surface area (Å²) in [7, 11) is 0. The highest BCUT2D eigenvalue weighted by Crippen LogP contribution is 2.26. The molecule has 0 aliphatic rings. The van der Waals surface area contributed by atoms with E-state index in [4.69, 9.17) is 5.73 Å². The first-order valence-corrected chi connectivity index (χ1v) is 6.86. The molecule has 1 rings (SSSR count). The number of aryl methyl sites for hydroxylation is 1. The molecular weight excluding hydrogens is 269 g/mol. The second kappa shape index (κ2) is 6.88. The molecule has 4 nitrogen and oxygen atoms in total. The molecule has 19 heavy (non-hydrogen) atoms. The van der Waals surface area contributed by atoms with Crippen molar-refractivity contribution in [1.82, 2.24) is 0 Å². The number of nitrogen functional groups attached to an aromatic ring is 1. The minimum atomic E-state index is -1.19. The van der Waals surface area contributed by atoms with Gasteiger partial charge in [-0.05, 0) is 36.6 Å². The van der Waals surface area contributed by atoms with Crippen molar-refractivity contribution in [1.29, 1.82) is 0 Å². The number of carbonyl (C=O) groups is 1. The molecule has 0 amide bonds. The summed E-state index contributed by atoms with van der Waals surface area (Å²) >= 11 is 1.08.